The molecule has 0 aliphatic carbocycles. The number of aliphatic hydroxyl groups is 1. The van der Waals surface area contributed by atoms with E-state index in [1.807, 2.05) is 6.08 Å². The van der Waals surface area contributed by atoms with Gasteiger partial charge >= 0.3 is 0 Å². The predicted octanol–water partition coefficient (Wildman–Crippen LogP) is 9.23. The van der Waals surface area contributed by atoms with Crippen molar-refractivity contribution in [3.05, 3.63) is 24.3 Å². The molecule has 0 aliphatic heterocycles. The SMILES string of the molecule is CCC/C=C\CCCCCCCC(=O)NC(CS(=O)(=O)O)C(O)/C=C/CCCCCCCCCCCCCCCC. The minimum Gasteiger partial charge on any atom is -0.387 e. The first kappa shape index (κ1) is 39.8. The van der Waals surface area contributed by atoms with Crippen molar-refractivity contribution in [3.63, 3.8) is 0 Å². The Morgan fingerprint density at radius 3 is 1.56 bits per heavy atom. The number of unbranched alkanes of at least 4 members (excludes halogenated alkanes) is 20. The van der Waals surface area contributed by atoms with Crippen LogP contribution in [0.2, 0.25) is 0 Å². The van der Waals surface area contributed by atoms with Crippen molar-refractivity contribution in [2.45, 2.75) is 180 Å². The van der Waals surface area contributed by atoms with Gasteiger partial charge in [0.15, 0.2) is 0 Å². The highest BCUT2D eigenvalue weighted by Crippen LogP contribution is 2.14. The van der Waals surface area contributed by atoms with Crippen LogP contribution in [0.4, 0.5) is 0 Å². The molecule has 6 nitrogen and oxygen atoms in total. The van der Waals surface area contributed by atoms with E-state index in [4.69, 9.17) is 0 Å². The fraction of sp³-hybridized carbons (Fsp3) is 0.853. The van der Waals surface area contributed by atoms with E-state index in [-0.39, 0.29) is 12.3 Å². The Hall–Kier alpha value is -1.18. The standard InChI is InChI=1S/C34H65NO5S/c1-3-5-7-9-11-13-15-16-17-18-19-20-21-23-25-27-29-33(36)32(31-41(38,39)40)35-34(37)30-28-26-24-22-14-12-10-8-6-4-2/h8,10,27,29,32-33,36H,3-7,9,11-26,28,30-31H2,1-2H3,(H,35,37)(H,38,39,40)/b10-8-,29-27+. The zero-order valence-corrected chi connectivity index (χ0v) is 27.5. The highest BCUT2D eigenvalue weighted by molar-refractivity contribution is 7.85. The smallest absolute Gasteiger partial charge is 0.267 e. The molecule has 242 valence electrons. The number of hydrogen-bond acceptors (Lipinski definition) is 4. The Labute approximate surface area is 254 Å². The lowest BCUT2D eigenvalue weighted by Gasteiger charge is -2.21. The molecule has 3 N–H and O–H groups in total. The van der Waals surface area contributed by atoms with Crippen molar-refractivity contribution < 1.29 is 22.9 Å². The van der Waals surface area contributed by atoms with Gasteiger partial charge in [-0.3, -0.25) is 9.35 Å². The average Bonchev–Trinajstić information content (AvgIpc) is 2.92. The second kappa shape index (κ2) is 28.9. The van der Waals surface area contributed by atoms with E-state index in [1.54, 1.807) is 6.08 Å². The molecule has 0 saturated heterocycles. The maximum atomic E-state index is 12.4. The van der Waals surface area contributed by atoms with E-state index in [9.17, 15) is 22.9 Å². The van der Waals surface area contributed by atoms with Crippen LogP contribution >= 0.6 is 0 Å². The van der Waals surface area contributed by atoms with Crippen LogP contribution in [0, 0.1) is 0 Å². The highest BCUT2D eigenvalue weighted by Gasteiger charge is 2.24. The monoisotopic (exact) mass is 599 g/mol. The van der Waals surface area contributed by atoms with E-state index >= 15 is 0 Å². The molecule has 0 heterocycles. The Kier molecular flexibility index (Phi) is 28.1. The van der Waals surface area contributed by atoms with Gasteiger partial charge in [-0.05, 0) is 38.5 Å². The number of carbonyl (C=O) groups is 1. The summed E-state index contributed by atoms with van der Waals surface area (Å²) < 4.78 is 32.2. The molecule has 7 heteroatoms. The van der Waals surface area contributed by atoms with E-state index < -0.39 is 28.0 Å². The normalized spacial score (nSPS) is 13.8. The molecule has 1 amide bonds. The van der Waals surface area contributed by atoms with Crippen LogP contribution in [-0.4, -0.2) is 41.9 Å². The third-order valence-electron chi connectivity index (χ3n) is 7.60. The number of rotatable bonds is 30. The van der Waals surface area contributed by atoms with Crippen molar-refractivity contribution in [2.24, 2.45) is 0 Å². The van der Waals surface area contributed by atoms with E-state index in [0.29, 0.717) is 0 Å². The number of nitrogens with one attached hydrogen (secondary N) is 1. The summed E-state index contributed by atoms with van der Waals surface area (Å²) >= 11 is 0. The molecule has 0 rings (SSSR count). The van der Waals surface area contributed by atoms with Crippen molar-refractivity contribution >= 4 is 16.0 Å². The lowest BCUT2D eigenvalue weighted by molar-refractivity contribution is -0.122. The number of allylic oxidation sites excluding steroid dienone is 3. The van der Waals surface area contributed by atoms with Crippen LogP contribution < -0.4 is 5.32 Å². The minimum atomic E-state index is -4.33. The van der Waals surface area contributed by atoms with Gasteiger partial charge < -0.3 is 10.4 Å². The molecule has 41 heavy (non-hydrogen) atoms. The molecular weight excluding hydrogens is 534 g/mol. The minimum absolute atomic E-state index is 0.286. The van der Waals surface area contributed by atoms with Crippen molar-refractivity contribution in [1.82, 2.24) is 5.32 Å². The first-order valence-corrected chi connectivity index (χ1v) is 18.6. The summed E-state index contributed by atoms with van der Waals surface area (Å²) in [4.78, 5) is 12.4. The van der Waals surface area contributed by atoms with Crippen LogP contribution in [0.25, 0.3) is 0 Å². The summed E-state index contributed by atoms with van der Waals surface area (Å²) in [6.07, 6.45) is 34.5. The predicted molar refractivity (Wildman–Crippen MR) is 175 cm³/mol. The molecule has 0 radical (unpaired) electrons. The molecule has 0 fully saturated rings. The molecule has 0 aromatic carbocycles. The van der Waals surface area contributed by atoms with Gasteiger partial charge in [-0.2, -0.15) is 8.42 Å². The van der Waals surface area contributed by atoms with Gasteiger partial charge in [-0.1, -0.05) is 147 Å². The fourth-order valence-corrected chi connectivity index (χ4v) is 5.77. The Bertz CT molecular complexity index is 750. The Morgan fingerprint density at radius 1 is 0.634 bits per heavy atom. The van der Waals surface area contributed by atoms with Gasteiger partial charge in [0.1, 0.15) is 0 Å². The molecule has 0 saturated carbocycles. The first-order chi connectivity index (χ1) is 19.8. The zero-order valence-electron chi connectivity index (χ0n) is 26.7. The lowest BCUT2D eigenvalue weighted by atomic mass is 10.0. The second-order valence-electron chi connectivity index (χ2n) is 11.8. The van der Waals surface area contributed by atoms with Crippen LogP contribution in [0.1, 0.15) is 168 Å². The quantitative estimate of drug-likeness (QED) is 0.0434. The Morgan fingerprint density at radius 2 is 1.07 bits per heavy atom. The van der Waals surface area contributed by atoms with Crippen molar-refractivity contribution in [1.29, 1.82) is 0 Å². The summed E-state index contributed by atoms with van der Waals surface area (Å²) in [5.74, 6) is -0.991. The molecule has 0 aliphatic rings. The van der Waals surface area contributed by atoms with Crippen LogP contribution in [0.3, 0.4) is 0 Å². The third kappa shape index (κ3) is 30.1. The molecular formula is C34H65NO5S. The third-order valence-corrected chi connectivity index (χ3v) is 8.38. The molecule has 0 spiro atoms. The van der Waals surface area contributed by atoms with Crippen molar-refractivity contribution in [2.75, 3.05) is 5.75 Å². The second-order valence-corrected chi connectivity index (χ2v) is 13.3. The highest BCUT2D eigenvalue weighted by atomic mass is 32.2. The van der Waals surface area contributed by atoms with Gasteiger partial charge in [-0.15, -0.1) is 0 Å². The molecule has 0 bridgehead atoms. The molecule has 0 aromatic rings. The van der Waals surface area contributed by atoms with Crippen LogP contribution in [-0.2, 0) is 14.9 Å². The molecule has 2 atom stereocenters. The number of hydrogen-bond donors (Lipinski definition) is 3. The zero-order chi connectivity index (χ0) is 30.4. The molecule has 0 aromatic heterocycles. The average molecular weight is 600 g/mol. The van der Waals surface area contributed by atoms with Crippen LogP contribution in [0.5, 0.6) is 0 Å². The summed E-state index contributed by atoms with van der Waals surface area (Å²) in [6.45, 7) is 4.43. The summed E-state index contributed by atoms with van der Waals surface area (Å²) in [7, 11) is -4.33. The van der Waals surface area contributed by atoms with Gasteiger partial charge in [0.25, 0.3) is 10.1 Å². The lowest BCUT2D eigenvalue weighted by Crippen LogP contribution is -2.46. The van der Waals surface area contributed by atoms with Crippen LogP contribution in [0.15, 0.2) is 24.3 Å². The molecule has 2 unspecified atom stereocenters. The number of carbonyl (C=O) groups excluding carboxylic acids is 1. The topological polar surface area (TPSA) is 104 Å². The fourth-order valence-electron chi connectivity index (χ4n) is 5.04. The first-order valence-electron chi connectivity index (χ1n) is 17.0. The van der Waals surface area contributed by atoms with Gasteiger partial charge in [-0.25, -0.2) is 0 Å². The van der Waals surface area contributed by atoms with E-state index in [2.05, 4.69) is 31.3 Å². The summed E-state index contributed by atoms with van der Waals surface area (Å²) in [5, 5.41) is 13.1. The maximum absolute atomic E-state index is 12.4. The van der Waals surface area contributed by atoms with E-state index in [1.165, 1.54) is 83.5 Å². The number of aliphatic hydroxyl groups excluding tert-OH is 1. The largest absolute Gasteiger partial charge is 0.387 e. The number of amides is 1. The Balaban J connectivity index is 4.01. The van der Waals surface area contributed by atoms with Crippen molar-refractivity contribution in [3.8, 4) is 0 Å². The van der Waals surface area contributed by atoms with Gasteiger partial charge in [0, 0.05) is 6.42 Å². The summed E-state index contributed by atoms with van der Waals surface area (Å²) in [6, 6.07) is -1.06. The van der Waals surface area contributed by atoms with Gasteiger partial charge in [0.2, 0.25) is 5.91 Å². The van der Waals surface area contributed by atoms with E-state index in [0.717, 1.165) is 64.2 Å². The summed E-state index contributed by atoms with van der Waals surface area (Å²) in [5.41, 5.74) is 0. The maximum Gasteiger partial charge on any atom is 0.267 e. The van der Waals surface area contributed by atoms with Gasteiger partial charge in [0.05, 0.1) is 17.9 Å².